The molecule has 0 atom stereocenters. The Labute approximate surface area is 144 Å². The van der Waals surface area contributed by atoms with Gasteiger partial charge in [-0.25, -0.2) is 4.90 Å². The first-order valence-corrected chi connectivity index (χ1v) is 7.49. The van der Waals surface area contributed by atoms with Gasteiger partial charge in [-0.05, 0) is 29.8 Å². The molecule has 3 amide bonds. The number of nitrogens with one attached hydrogen (secondary N) is 1. The molecular weight excluding hydrogens is 330 g/mol. The fourth-order valence-electron chi connectivity index (χ4n) is 2.10. The smallest absolute Gasteiger partial charge is 0.323 e. The summed E-state index contributed by atoms with van der Waals surface area (Å²) in [5.74, 6) is -2.48. The molecule has 0 aliphatic carbocycles. The molecule has 0 bridgehead atoms. The number of nitrogen functional groups attached to an aromatic ring is 1. The molecule has 0 aliphatic rings. The fraction of sp³-hybridized carbons (Fsp3) is 0.118. The molecule has 0 saturated carbocycles. The molecule has 7 heteroatoms. The molecule has 0 aliphatic heterocycles. The van der Waals surface area contributed by atoms with Crippen LogP contribution in [-0.4, -0.2) is 17.7 Å². The number of hydrogen-bond acceptors (Lipinski definition) is 4. The number of carbonyl (C=O) groups is 3. The quantitative estimate of drug-likeness (QED) is 0.658. The Morgan fingerprint density at radius 1 is 1.12 bits per heavy atom. The fourth-order valence-corrected chi connectivity index (χ4v) is 2.30. The van der Waals surface area contributed by atoms with Crippen molar-refractivity contribution < 1.29 is 14.4 Å². The van der Waals surface area contributed by atoms with Crippen molar-refractivity contribution in [1.82, 2.24) is 5.32 Å². The topological polar surface area (TPSA) is 92.5 Å². The molecule has 0 spiro atoms. The highest BCUT2D eigenvalue weighted by Gasteiger charge is 2.26. The summed E-state index contributed by atoms with van der Waals surface area (Å²) < 4.78 is 0. The summed E-state index contributed by atoms with van der Waals surface area (Å²) in [6.45, 7) is 1.27. The minimum Gasteiger partial charge on any atom is -0.399 e. The predicted molar refractivity (Wildman–Crippen MR) is 92.3 cm³/mol. The van der Waals surface area contributed by atoms with Crippen molar-refractivity contribution in [2.75, 3.05) is 10.6 Å². The molecule has 2 rings (SSSR count). The zero-order valence-corrected chi connectivity index (χ0v) is 13.7. The van der Waals surface area contributed by atoms with Gasteiger partial charge in [0.15, 0.2) is 0 Å². The number of nitrogens with zero attached hydrogens (tertiary/aromatic N) is 1. The summed E-state index contributed by atoms with van der Waals surface area (Å²) in [5, 5.41) is 2.94. The Bertz CT molecular complexity index is 792. The van der Waals surface area contributed by atoms with E-state index in [1.54, 1.807) is 36.4 Å². The number of imide groups is 1. The van der Waals surface area contributed by atoms with Crippen molar-refractivity contribution >= 4 is 40.7 Å². The highest BCUT2D eigenvalue weighted by molar-refractivity contribution is 6.45. The second-order valence-electron chi connectivity index (χ2n) is 5.03. The van der Waals surface area contributed by atoms with Gasteiger partial charge in [0, 0.05) is 24.2 Å². The van der Waals surface area contributed by atoms with Gasteiger partial charge in [0.1, 0.15) is 0 Å². The van der Waals surface area contributed by atoms with Crippen LogP contribution in [0.2, 0.25) is 5.02 Å². The predicted octanol–water partition coefficient (Wildman–Crippen LogP) is 2.12. The minimum atomic E-state index is -0.986. The molecule has 6 nitrogen and oxygen atoms in total. The van der Waals surface area contributed by atoms with Crippen LogP contribution in [0.25, 0.3) is 0 Å². The molecule has 0 heterocycles. The number of hydrogen-bond donors (Lipinski definition) is 2. The van der Waals surface area contributed by atoms with Crippen molar-refractivity contribution in [3.8, 4) is 0 Å². The SMILES string of the molecule is CC(=O)N(C(=O)C(=O)NCc1ccccc1Cl)c1cccc(N)c1. The molecule has 0 aromatic heterocycles. The lowest BCUT2D eigenvalue weighted by Crippen LogP contribution is -2.45. The third-order valence-electron chi connectivity index (χ3n) is 3.24. The van der Waals surface area contributed by atoms with Gasteiger partial charge < -0.3 is 11.1 Å². The van der Waals surface area contributed by atoms with E-state index in [1.807, 2.05) is 0 Å². The molecule has 2 aromatic rings. The monoisotopic (exact) mass is 345 g/mol. The number of halogens is 1. The van der Waals surface area contributed by atoms with Gasteiger partial charge in [0.25, 0.3) is 0 Å². The molecule has 0 radical (unpaired) electrons. The van der Waals surface area contributed by atoms with Gasteiger partial charge in [-0.15, -0.1) is 0 Å². The average Bonchev–Trinajstić information content (AvgIpc) is 2.53. The maximum Gasteiger partial charge on any atom is 0.323 e. The van der Waals surface area contributed by atoms with Gasteiger partial charge >= 0.3 is 11.8 Å². The normalized spacial score (nSPS) is 10.1. The lowest BCUT2D eigenvalue weighted by molar-refractivity contribution is -0.139. The number of rotatable bonds is 3. The summed E-state index contributed by atoms with van der Waals surface area (Å²) in [4.78, 5) is 37.0. The summed E-state index contributed by atoms with van der Waals surface area (Å²) in [5.41, 5.74) is 6.94. The van der Waals surface area contributed by atoms with Gasteiger partial charge in [-0.3, -0.25) is 14.4 Å². The Morgan fingerprint density at radius 2 is 1.83 bits per heavy atom. The van der Waals surface area contributed by atoms with Crippen LogP contribution < -0.4 is 16.0 Å². The number of anilines is 2. The first-order chi connectivity index (χ1) is 11.4. The van der Waals surface area contributed by atoms with Crippen molar-refractivity contribution in [3.05, 3.63) is 59.1 Å². The minimum absolute atomic E-state index is 0.0763. The van der Waals surface area contributed by atoms with Gasteiger partial charge in [0.2, 0.25) is 5.91 Å². The first kappa shape index (κ1) is 17.5. The van der Waals surface area contributed by atoms with E-state index in [0.29, 0.717) is 16.3 Å². The van der Waals surface area contributed by atoms with Crippen LogP contribution in [0.4, 0.5) is 11.4 Å². The third kappa shape index (κ3) is 4.11. The number of benzene rings is 2. The van der Waals surface area contributed by atoms with E-state index in [0.717, 1.165) is 4.90 Å². The molecule has 0 saturated heterocycles. The molecule has 124 valence electrons. The second kappa shape index (κ2) is 7.61. The first-order valence-electron chi connectivity index (χ1n) is 7.12. The van der Waals surface area contributed by atoms with Crippen LogP contribution >= 0.6 is 11.6 Å². The van der Waals surface area contributed by atoms with E-state index in [-0.39, 0.29) is 12.2 Å². The van der Waals surface area contributed by atoms with Gasteiger partial charge in [0.05, 0.1) is 5.69 Å². The molecule has 3 N–H and O–H groups in total. The highest BCUT2D eigenvalue weighted by atomic mass is 35.5. The Hall–Kier alpha value is -2.86. The largest absolute Gasteiger partial charge is 0.399 e. The summed E-state index contributed by atoms with van der Waals surface area (Å²) in [6.07, 6.45) is 0. The van der Waals surface area contributed by atoms with E-state index in [1.165, 1.54) is 19.1 Å². The van der Waals surface area contributed by atoms with Gasteiger partial charge in [-0.2, -0.15) is 0 Å². The Morgan fingerprint density at radius 3 is 2.46 bits per heavy atom. The van der Waals surface area contributed by atoms with Crippen LogP contribution in [0.15, 0.2) is 48.5 Å². The maximum absolute atomic E-state index is 12.3. The van der Waals surface area contributed by atoms with Crippen LogP contribution in [0, 0.1) is 0 Å². The zero-order chi connectivity index (χ0) is 17.7. The number of amides is 3. The summed E-state index contributed by atoms with van der Waals surface area (Å²) in [6, 6.07) is 13.1. The van der Waals surface area contributed by atoms with Crippen LogP contribution in [0.5, 0.6) is 0 Å². The lowest BCUT2D eigenvalue weighted by atomic mass is 10.2. The Kier molecular flexibility index (Phi) is 5.55. The average molecular weight is 346 g/mol. The van der Waals surface area contributed by atoms with Crippen molar-refractivity contribution in [2.45, 2.75) is 13.5 Å². The van der Waals surface area contributed by atoms with Crippen molar-refractivity contribution in [1.29, 1.82) is 0 Å². The van der Waals surface area contributed by atoms with E-state index in [4.69, 9.17) is 17.3 Å². The summed E-state index contributed by atoms with van der Waals surface area (Å²) >= 11 is 6.00. The molecule has 24 heavy (non-hydrogen) atoms. The molecule has 2 aromatic carbocycles. The lowest BCUT2D eigenvalue weighted by Gasteiger charge is -2.19. The zero-order valence-electron chi connectivity index (χ0n) is 13.0. The van der Waals surface area contributed by atoms with Crippen molar-refractivity contribution in [2.24, 2.45) is 0 Å². The number of nitrogens with two attached hydrogens (primary N) is 1. The second-order valence-corrected chi connectivity index (χ2v) is 5.44. The highest BCUT2D eigenvalue weighted by Crippen LogP contribution is 2.18. The van der Waals surface area contributed by atoms with Gasteiger partial charge in [-0.1, -0.05) is 35.9 Å². The van der Waals surface area contributed by atoms with Crippen molar-refractivity contribution in [3.63, 3.8) is 0 Å². The van der Waals surface area contributed by atoms with Crippen LogP contribution in [0.3, 0.4) is 0 Å². The summed E-state index contributed by atoms with van der Waals surface area (Å²) in [7, 11) is 0. The molecular formula is C17H16ClN3O3. The van der Waals surface area contributed by atoms with E-state index in [2.05, 4.69) is 5.32 Å². The van der Waals surface area contributed by atoms with Crippen LogP contribution in [-0.2, 0) is 20.9 Å². The Balaban J connectivity index is 2.13. The van der Waals surface area contributed by atoms with E-state index < -0.39 is 17.7 Å². The maximum atomic E-state index is 12.3. The van der Waals surface area contributed by atoms with Crippen LogP contribution in [0.1, 0.15) is 12.5 Å². The molecule has 0 fully saturated rings. The third-order valence-corrected chi connectivity index (χ3v) is 3.61. The van der Waals surface area contributed by atoms with E-state index in [9.17, 15) is 14.4 Å². The number of carbonyl (C=O) groups excluding carboxylic acids is 3. The van der Waals surface area contributed by atoms with E-state index >= 15 is 0 Å². The standard InChI is InChI=1S/C17H16ClN3O3/c1-11(22)21(14-7-4-6-13(19)9-14)17(24)16(23)20-10-12-5-2-3-8-15(12)18/h2-9H,10,19H2,1H3,(H,20,23). The molecule has 0 unspecified atom stereocenters.